The summed E-state index contributed by atoms with van der Waals surface area (Å²) in [5.41, 5.74) is 0.769. The van der Waals surface area contributed by atoms with Crippen LogP contribution in [0.2, 0.25) is 10.0 Å². The Kier molecular flexibility index (Phi) is 8.15. The van der Waals surface area contributed by atoms with Crippen LogP contribution in [0.25, 0.3) is 0 Å². The number of amides is 2. The molecule has 4 rings (SSSR count). The van der Waals surface area contributed by atoms with Crippen molar-refractivity contribution in [3.05, 3.63) is 33.8 Å². The number of aliphatic hydroxyl groups is 1. The number of rotatable bonds is 9. The van der Waals surface area contributed by atoms with Gasteiger partial charge < -0.3 is 19.6 Å². The van der Waals surface area contributed by atoms with Gasteiger partial charge in [-0.3, -0.25) is 19.9 Å². The van der Waals surface area contributed by atoms with Crippen LogP contribution in [-0.2, 0) is 20.7 Å². The van der Waals surface area contributed by atoms with E-state index in [9.17, 15) is 14.7 Å². The number of carbonyl (C=O) groups excluding carboxylic acids is 2. The molecule has 2 aliphatic heterocycles. The van der Waals surface area contributed by atoms with E-state index in [1.807, 2.05) is 0 Å². The Hall–Kier alpha value is -1.71. The van der Waals surface area contributed by atoms with Gasteiger partial charge in [-0.05, 0) is 56.5 Å². The second kappa shape index (κ2) is 10.9. The minimum atomic E-state index is -0.596. The fourth-order valence-electron chi connectivity index (χ4n) is 5.46. The molecular formula is C24H32Cl2N4O4. The zero-order chi connectivity index (χ0) is 24.3. The van der Waals surface area contributed by atoms with E-state index in [1.54, 1.807) is 23.1 Å². The largest absolute Gasteiger partial charge is 0.387 e. The first kappa shape index (κ1) is 25.4. The lowest BCUT2D eigenvalue weighted by Crippen LogP contribution is -2.52. The molecule has 0 aromatic heterocycles. The molecule has 8 nitrogen and oxygen atoms in total. The molecule has 3 unspecified atom stereocenters. The predicted octanol–water partition coefficient (Wildman–Crippen LogP) is 2.44. The van der Waals surface area contributed by atoms with Crippen molar-refractivity contribution in [3.63, 3.8) is 0 Å². The summed E-state index contributed by atoms with van der Waals surface area (Å²) >= 11 is 12.0. The van der Waals surface area contributed by atoms with Gasteiger partial charge in [-0.2, -0.15) is 0 Å². The Balaban J connectivity index is 1.37. The molecule has 1 aromatic carbocycles. The SMILES string of the molecule is N=CN(CCN(C(=O)CO)C1COCC2(C1)CC2N1CCCC1)C(=O)Cc1ccc(Cl)c(Cl)c1. The average Bonchev–Trinajstić information content (AvgIpc) is 3.24. The van der Waals surface area contributed by atoms with Gasteiger partial charge >= 0.3 is 0 Å². The number of ether oxygens (including phenoxy) is 1. The van der Waals surface area contributed by atoms with Gasteiger partial charge in [0.1, 0.15) is 6.61 Å². The fourth-order valence-corrected chi connectivity index (χ4v) is 5.78. The molecule has 2 heterocycles. The number of nitrogens with zero attached hydrogens (tertiary/aromatic N) is 3. The topological polar surface area (TPSA) is 97.2 Å². The first-order valence-electron chi connectivity index (χ1n) is 11.8. The van der Waals surface area contributed by atoms with Crippen molar-refractivity contribution in [2.75, 3.05) is 46.0 Å². The van der Waals surface area contributed by atoms with Gasteiger partial charge in [0.25, 0.3) is 0 Å². The first-order valence-corrected chi connectivity index (χ1v) is 12.6. The molecule has 186 valence electrons. The first-order chi connectivity index (χ1) is 16.4. The highest BCUT2D eigenvalue weighted by Gasteiger charge is 2.59. The van der Waals surface area contributed by atoms with Crippen LogP contribution in [-0.4, -0.2) is 96.0 Å². The lowest BCUT2D eigenvalue weighted by molar-refractivity contribution is -0.142. The highest BCUT2D eigenvalue weighted by atomic mass is 35.5. The fraction of sp³-hybridized carbons (Fsp3) is 0.625. The molecule has 0 radical (unpaired) electrons. The number of nitrogens with one attached hydrogen (secondary N) is 1. The molecule has 2 N–H and O–H groups in total. The van der Waals surface area contributed by atoms with Crippen LogP contribution in [0, 0.1) is 10.8 Å². The zero-order valence-electron chi connectivity index (χ0n) is 19.2. The molecule has 3 aliphatic rings. The highest BCUT2D eigenvalue weighted by molar-refractivity contribution is 6.42. The van der Waals surface area contributed by atoms with E-state index >= 15 is 0 Å². The zero-order valence-corrected chi connectivity index (χ0v) is 20.7. The molecule has 1 aliphatic carbocycles. The van der Waals surface area contributed by atoms with E-state index in [0.717, 1.165) is 32.3 Å². The van der Waals surface area contributed by atoms with E-state index in [2.05, 4.69) is 4.90 Å². The molecule has 1 saturated carbocycles. The van der Waals surface area contributed by atoms with E-state index in [-0.39, 0.29) is 42.8 Å². The molecule has 2 amide bonds. The van der Waals surface area contributed by atoms with Gasteiger partial charge in [0, 0.05) is 24.5 Å². The summed E-state index contributed by atoms with van der Waals surface area (Å²) in [6.07, 6.45) is 5.43. The van der Waals surface area contributed by atoms with E-state index in [0.29, 0.717) is 34.9 Å². The molecule has 3 fully saturated rings. The lowest BCUT2D eigenvalue weighted by Gasteiger charge is -2.39. The van der Waals surface area contributed by atoms with Gasteiger partial charge in [0.2, 0.25) is 11.8 Å². The molecule has 1 spiro atoms. The van der Waals surface area contributed by atoms with Crippen molar-refractivity contribution in [1.29, 1.82) is 5.41 Å². The van der Waals surface area contributed by atoms with Crippen LogP contribution in [0.4, 0.5) is 0 Å². The van der Waals surface area contributed by atoms with Crippen LogP contribution in [0.3, 0.4) is 0 Å². The standard InChI is InChI=1S/C24H32Cl2N4O4/c25-19-4-3-17(9-20(19)26)10-22(32)29(16-27)7-8-30(23(33)13-31)18-11-24(15-34-14-18)12-21(24)28-5-1-2-6-28/h3-4,9,16,18,21,27,31H,1-2,5-8,10-15H2. The summed E-state index contributed by atoms with van der Waals surface area (Å²) in [6.45, 7) is 3.18. The van der Waals surface area contributed by atoms with Crippen LogP contribution in [0.1, 0.15) is 31.2 Å². The van der Waals surface area contributed by atoms with Crippen LogP contribution >= 0.6 is 23.2 Å². The van der Waals surface area contributed by atoms with Gasteiger partial charge in [-0.1, -0.05) is 29.3 Å². The smallest absolute Gasteiger partial charge is 0.248 e. The minimum absolute atomic E-state index is 0.0629. The Labute approximate surface area is 210 Å². The number of hydrogen-bond donors (Lipinski definition) is 2. The lowest BCUT2D eigenvalue weighted by atomic mass is 9.93. The van der Waals surface area contributed by atoms with E-state index < -0.39 is 6.61 Å². The highest BCUT2D eigenvalue weighted by Crippen LogP contribution is 2.55. The average molecular weight is 511 g/mol. The third-order valence-electron chi connectivity index (χ3n) is 7.36. The molecule has 0 bridgehead atoms. The molecular weight excluding hydrogens is 479 g/mol. The summed E-state index contributed by atoms with van der Waals surface area (Å²) < 4.78 is 5.95. The van der Waals surface area contributed by atoms with Crippen molar-refractivity contribution >= 4 is 41.4 Å². The van der Waals surface area contributed by atoms with E-state index in [4.69, 9.17) is 33.3 Å². The minimum Gasteiger partial charge on any atom is -0.387 e. The third kappa shape index (κ3) is 5.57. The van der Waals surface area contributed by atoms with Gasteiger partial charge in [0.15, 0.2) is 0 Å². The normalized spacial score (nSPS) is 26.4. The van der Waals surface area contributed by atoms with Crippen LogP contribution < -0.4 is 0 Å². The van der Waals surface area contributed by atoms with Crippen molar-refractivity contribution in [1.82, 2.24) is 14.7 Å². The Morgan fingerprint density at radius 3 is 2.62 bits per heavy atom. The predicted molar refractivity (Wildman–Crippen MR) is 130 cm³/mol. The van der Waals surface area contributed by atoms with Crippen LogP contribution in [0.15, 0.2) is 18.2 Å². The van der Waals surface area contributed by atoms with Gasteiger partial charge in [0.05, 0.1) is 42.1 Å². The number of aliphatic hydroxyl groups excluding tert-OH is 1. The number of benzene rings is 1. The number of likely N-dealkylation sites (tertiary alicyclic amines) is 1. The van der Waals surface area contributed by atoms with Crippen molar-refractivity contribution < 1.29 is 19.4 Å². The summed E-state index contributed by atoms with van der Waals surface area (Å²) in [5.74, 6) is -0.664. The van der Waals surface area contributed by atoms with E-state index in [1.165, 1.54) is 17.7 Å². The Morgan fingerprint density at radius 1 is 1.18 bits per heavy atom. The second-order valence-corrected chi connectivity index (χ2v) is 10.4. The maximum atomic E-state index is 12.8. The summed E-state index contributed by atoms with van der Waals surface area (Å²) in [4.78, 5) is 30.9. The maximum absolute atomic E-state index is 12.8. The molecule has 34 heavy (non-hydrogen) atoms. The summed E-state index contributed by atoms with van der Waals surface area (Å²) in [5, 5.41) is 18.1. The Bertz CT molecular complexity index is 926. The molecule has 3 atom stereocenters. The maximum Gasteiger partial charge on any atom is 0.248 e. The molecule has 2 saturated heterocycles. The van der Waals surface area contributed by atoms with Crippen LogP contribution in [0.5, 0.6) is 0 Å². The second-order valence-electron chi connectivity index (χ2n) is 9.59. The summed E-state index contributed by atoms with van der Waals surface area (Å²) in [7, 11) is 0. The molecule has 10 heteroatoms. The van der Waals surface area contributed by atoms with Crippen molar-refractivity contribution in [2.45, 2.75) is 44.2 Å². The third-order valence-corrected chi connectivity index (χ3v) is 8.10. The Morgan fingerprint density at radius 2 is 1.94 bits per heavy atom. The number of halogens is 2. The number of carbonyl (C=O) groups is 2. The van der Waals surface area contributed by atoms with Crippen molar-refractivity contribution in [2.24, 2.45) is 5.41 Å². The summed E-state index contributed by atoms with van der Waals surface area (Å²) in [6, 6.07) is 5.35. The quantitative estimate of drug-likeness (QED) is 0.392. The number of hydrogen-bond acceptors (Lipinski definition) is 6. The van der Waals surface area contributed by atoms with Gasteiger partial charge in [-0.15, -0.1) is 0 Å². The van der Waals surface area contributed by atoms with Crippen molar-refractivity contribution in [3.8, 4) is 0 Å². The molecule has 1 aromatic rings. The van der Waals surface area contributed by atoms with Gasteiger partial charge in [-0.25, -0.2) is 0 Å². The monoisotopic (exact) mass is 510 g/mol.